The van der Waals surface area contributed by atoms with E-state index in [-0.39, 0.29) is 5.75 Å². The minimum atomic E-state index is 0.0865. The number of thiazole rings is 1. The number of aromatic hydroxyl groups is 1. The van der Waals surface area contributed by atoms with Gasteiger partial charge in [0.15, 0.2) is 11.5 Å². The van der Waals surface area contributed by atoms with Gasteiger partial charge in [-0.05, 0) is 48.0 Å². The molecule has 0 saturated heterocycles. The predicted octanol–water partition coefficient (Wildman–Crippen LogP) is 3.91. The molecule has 1 aromatic heterocycles. The number of rotatable bonds is 7. The Balaban J connectivity index is 2.04. The number of hydrogen-bond acceptors (Lipinski definition) is 6. The van der Waals surface area contributed by atoms with E-state index in [1.165, 1.54) is 18.4 Å². The predicted molar refractivity (Wildman–Crippen MR) is 113 cm³/mol. The van der Waals surface area contributed by atoms with E-state index in [4.69, 9.17) is 9.47 Å². The molecule has 0 bridgehead atoms. The van der Waals surface area contributed by atoms with Gasteiger partial charge in [0.25, 0.3) is 0 Å². The molecule has 28 heavy (non-hydrogen) atoms. The second kappa shape index (κ2) is 9.05. The maximum Gasteiger partial charge on any atom is 0.206 e. The Morgan fingerprint density at radius 1 is 1.14 bits per heavy atom. The quantitative estimate of drug-likeness (QED) is 0.487. The van der Waals surface area contributed by atoms with Crippen molar-refractivity contribution in [1.29, 1.82) is 0 Å². The van der Waals surface area contributed by atoms with Crippen LogP contribution in [0.5, 0.6) is 17.2 Å². The van der Waals surface area contributed by atoms with Gasteiger partial charge in [0.05, 0.1) is 32.7 Å². The molecular formula is C21H21N3O3S. The van der Waals surface area contributed by atoms with Crippen LogP contribution in [0.2, 0.25) is 0 Å². The minimum absolute atomic E-state index is 0.0865. The molecule has 3 rings (SSSR count). The van der Waals surface area contributed by atoms with Gasteiger partial charge in [0.1, 0.15) is 5.75 Å². The van der Waals surface area contributed by atoms with Gasteiger partial charge in [-0.25, -0.2) is 4.68 Å². The van der Waals surface area contributed by atoms with Crippen molar-refractivity contribution in [2.75, 3.05) is 20.8 Å². The second-order valence-electron chi connectivity index (χ2n) is 5.75. The van der Waals surface area contributed by atoms with E-state index in [0.717, 1.165) is 27.4 Å². The van der Waals surface area contributed by atoms with Crippen molar-refractivity contribution in [2.45, 2.75) is 0 Å². The summed E-state index contributed by atoms with van der Waals surface area (Å²) in [7, 11) is 3.15. The number of methoxy groups -OCH3 is 2. The number of phenolic OH excluding ortho intramolecular Hbond substituents is 1. The van der Waals surface area contributed by atoms with Gasteiger partial charge in [-0.15, -0.1) is 17.9 Å². The molecule has 7 heteroatoms. The Bertz CT molecular complexity index is 1050. The van der Waals surface area contributed by atoms with E-state index in [0.29, 0.717) is 12.3 Å². The zero-order valence-electron chi connectivity index (χ0n) is 15.7. The Morgan fingerprint density at radius 3 is 2.61 bits per heavy atom. The first-order chi connectivity index (χ1) is 13.7. The third-order valence-corrected chi connectivity index (χ3v) is 4.81. The van der Waals surface area contributed by atoms with Crippen molar-refractivity contribution >= 4 is 17.6 Å². The molecule has 0 aliphatic carbocycles. The first-order valence-corrected chi connectivity index (χ1v) is 9.42. The van der Waals surface area contributed by atoms with E-state index in [1.807, 2.05) is 29.6 Å². The second-order valence-corrected chi connectivity index (χ2v) is 6.59. The lowest BCUT2D eigenvalue weighted by molar-refractivity contribution is 0.373. The molecule has 0 atom stereocenters. The monoisotopic (exact) mass is 395 g/mol. The van der Waals surface area contributed by atoms with Gasteiger partial charge < -0.3 is 14.6 Å². The van der Waals surface area contributed by atoms with Crippen LogP contribution >= 0.6 is 11.3 Å². The summed E-state index contributed by atoms with van der Waals surface area (Å²) >= 11 is 1.50. The topological polar surface area (TPSA) is 68.3 Å². The fourth-order valence-electron chi connectivity index (χ4n) is 2.52. The number of benzene rings is 2. The third kappa shape index (κ3) is 4.32. The smallest absolute Gasteiger partial charge is 0.206 e. The number of phenols is 1. The van der Waals surface area contributed by atoms with Gasteiger partial charge >= 0.3 is 0 Å². The van der Waals surface area contributed by atoms with Crippen LogP contribution in [0.25, 0.3) is 11.3 Å². The summed E-state index contributed by atoms with van der Waals surface area (Å²) in [4.78, 5) is 5.28. The highest BCUT2D eigenvalue weighted by Crippen LogP contribution is 2.26. The lowest BCUT2D eigenvalue weighted by atomic mass is 10.2. The Labute approximate surface area is 167 Å². The van der Waals surface area contributed by atoms with Crippen molar-refractivity contribution in [2.24, 2.45) is 10.1 Å². The van der Waals surface area contributed by atoms with Crippen LogP contribution in [0.4, 0.5) is 0 Å². The standard InChI is InChI=1S/C21H21N3O3S/c1-4-11-22-21-24(23-13-15-5-10-19(25)20(12-15)27-3)18(14-28-21)16-6-8-17(26-2)9-7-16/h4-10,12-14,25H,1,11H2,2-3H3. The van der Waals surface area contributed by atoms with Crippen molar-refractivity contribution < 1.29 is 14.6 Å². The third-order valence-electron chi connectivity index (χ3n) is 3.95. The average molecular weight is 395 g/mol. The first-order valence-electron chi connectivity index (χ1n) is 8.54. The van der Waals surface area contributed by atoms with Gasteiger partial charge in [-0.3, -0.25) is 4.99 Å². The highest BCUT2D eigenvalue weighted by Gasteiger charge is 2.08. The molecule has 0 fully saturated rings. The Kier molecular flexibility index (Phi) is 6.29. The van der Waals surface area contributed by atoms with E-state index in [2.05, 4.69) is 16.7 Å². The van der Waals surface area contributed by atoms with Gasteiger partial charge in [-0.1, -0.05) is 6.08 Å². The Morgan fingerprint density at radius 2 is 1.93 bits per heavy atom. The fraction of sp³-hybridized carbons (Fsp3) is 0.143. The molecule has 2 aromatic carbocycles. The molecule has 0 aliphatic rings. The number of hydrogen-bond donors (Lipinski definition) is 1. The molecular weight excluding hydrogens is 374 g/mol. The SMILES string of the molecule is C=CCN=c1scc(-c2ccc(OC)cc2)n1N=Cc1ccc(O)c(OC)c1. The molecule has 1 heterocycles. The van der Waals surface area contributed by atoms with Crippen molar-refractivity contribution in [3.63, 3.8) is 0 Å². The van der Waals surface area contributed by atoms with E-state index >= 15 is 0 Å². The lowest BCUT2D eigenvalue weighted by Gasteiger charge is -2.06. The van der Waals surface area contributed by atoms with Gasteiger partial charge in [0, 0.05) is 10.9 Å². The largest absolute Gasteiger partial charge is 0.504 e. The molecule has 0 spiro atoms. The molecule has 1 N–H and O–H groups in total. The summed E-state index contributed by atoms with van der Waals surface area (Å²) < 4.78 is 12.2. The van der Waals surface area contributed by atoms with Crippen LogP contribution in [0.1, 0.15) is 5.56 Å². The van der Waals surface area contributed by atoms with Crippen LogP contribution in [-0.2, 0) is 0 Å². The number of nitrogens with zero attached hydrogens (tertiary/aromatic N) is 3. The highest BCUT2D eigenvalue weighted by molar-refractivity contribution is 7.07. The summed E-state index contributed by atoms with van der Waals surface area (Å²) in [6, 6.07) is 12.8. The maximum atomic E-state index is 9.76. The van der Waals surface area contributed by atoms with Gasteiger partial charge in [0.2, 0.25) is 4.80 Å². The molecule has 0 unspecified atom stereocenters. The maximum absolute atomic E-state index is 9.76. The highest BCUT2D eigenvalue weighted by atomic mass is 32.1. The van der Waals surface area contributed by atoms with Crippen LogP contribution < -0.4 is 14.3 Å². The Hall–Kier alpha value is -3.32. The fourth-order valence-corrected chi connectivity index (χ4v) is 3.37. The van der Waals surface area contributed by atoms with Crippen molar-refractivity contribution in [1.82, 2.24) is 4.68 Å². The molecule has 0 saturated carbocycles. The zero-order chi connectivity index (χ0) is 19.9. The summed E-state index contributed by atoms with van der Waals surface area (Å²) in [6.45, 7) is 4.23. The summed E-state index contributed by atoms with van der Waals surface area (Å²) in [5, 5.41) is 16.4. The normalized spacial score (nSPS) is 11.7. The van der Waals surface area contributed by atoms with Gasteiger partial charge in [-0.2, -0.15) is 5.10 Å². The van der Waals surface area contributed by atoms with E-state index in [9.17, 15) is 5.11 Å². The number of ether oxygens (including phenoxy) is 2. The van der Waals surface area contributed by atoms with Crippen LogP contribution in [0, 0.1) is 0 Å². The van der Waals surface area contributed by atoms with E-state index < -0.39 is 0 Å². The average Bonchev–Trinajstić information content (AvgIpc) is 3.14. The van der Waals surface area contributed by atoms with Crippen molar-refractivity contribution in [3.8, 4) is 28.5 Å². The zero-order valence-corrected chi connectivity index (χ0v) is 16.5. The van der Waals surface area contributed by atoms with Crippen LogP contribution in [-0.4, -0.2) is 36.8 Å². The summed E-state index contributed by atoms with van der Waals surface area (Å²) in [5.74, 6) is 1.27. The molecule has 144 valence electrons. The molecule has 0 amide bonds. The van der Waals surface area contributed by atoms with E-state index in [1.54, 1.807) is 42.3 Å². The summed E-state index contributed by atoms with van der Waals surface area (Å²) in [6.07, 6.45) is 3.44. The molecule has 3 aromatic rings. The molecule has 6 nitrogen and oxygen atoms in total. The lowest BCUT2D eigenvalue weighted by Crippen LogP contribution is -2.12. The van der Waals surface area contributed by atoms with Crippen molar-refractivity contribution in [3.05, 3.63) is 70.9 Å². The minimum Gasteiger partial charge on any atom is -0.504 e. The molecule has 0 radical (unpaired) electrons. The van der Waals surface area contributed by atoms with Crippen LogP contribution in [0.3, 0.4) is 0 Å². The number of aromatic nitrogens is 1. The van der Waals surface area contributed by atoms with Crippen LogP contribution in [0.15, 0.2) is 70.6 Å². The first kappa shape index (κ1) is 19.4. The summed E-state index contributed by atoms with van der Waals surface area (Å²) in [5.41, 5.74) is 2.71. The molecule has 0 aliphatic heterocycles.